The minimum atomic E-state index is -0.193. The van der Waals surface area contributed by atoms with Gasteiger partial charge in [0.2, 0.25) is 0 Å². The van der Waals surface area contributed by atoms with Crippen LogP contribution in [0.25, 0.3) is 0 Å². The van der Waals surface area contributed by atoms with Crippen molar-refractivity contribution in [1.29, 1.82) is 0 Å². The van der Waals surface area contributed by atoms with Gasteiger partial charge in [-0.15, -0.1) is 0 Å². The van der Waals surface area contributed by atoms with Gasteiger partial charge in [0.25, 0.3) is 11.8 Å². The molecule has 1 fully saturated rings. The maximum Gasteiger partial charge on any atom is 0.269 e. The van der Waals surface area contributed by atoms with Crippen LogP contribution in [0.15, 0.2) is 30.3 Å². The van der Waals surface area contributed by atoms with Crippen LogP contribution in [0.1, 0.15) is 44.9 Å². The van der Waals surface area contributed by atoms with Crippen molar-refractivity contribution in [2.24, 2.45) is 7.05 Å². The molecule has 1 aliphatic rings. The van der Waals surface area contributed by atoms with Crippen molar-refractivity contribution >= 4 is 11.8 Å². The Hall–Kier alpha value is -2.67. The van der Waals surface area contributed by atoms with Crippen LogP contribution in [0.2, 0.25) is 0 Å². The molecule has 1 saturated heterocycles. The van der Waals surface area contributed by atoms with Gasteiger partial charge < -0.3 is 15.4 Å². The molecule has 26 heavy (non-hydrogen) atoms. The van der Waals surface area contributed by atoms with Crippen molar-refractivity contribution in [2.45, 2.75) is 32.4 Å². The van der Waals surface area contributed by atoms with Gasteiger partial charge in [0.05, 0.1) is 11.8 Å². The smallest absolute Gasteiger partial charge is 0.269 e. The molecule has 7 nitrogen and oxygen atoms in total. The van der Waals surface area contributed by atoms with E-state index in [0.717, 1.165) is 30.7 Å². The highest BCUT2D eigenvalue weighted by Gasteiger charge is 2.17. The van der Waals surface area contributed by atoms with Crippen LogP contribution in [-0.2, 0) is 18.3 Å². The zero-order valence-corrected chi connectivity index (χ0v) is 15.1. The van der Waals surface area contributed by atoms with E-state index in [1.165, 1.54) is 0 Å². The molecule has 138 valence electrons. The number of hydrogen-bond acceptors (Lipinski definition) is 4. The van der Waals surface area contributed by atoms with Crippen LogP contribution in [-0.4, -0.2) is 40.9 Å². The van der Waals surface area contributed by atoms with Gasteiger partial charge in [-0.1, -0.05) is 12.1 Å². The highest BCUT2D eigenvalue weighted by molar-refractivity contribution is 5.94. The number of ether oxygens (including phenoxy) is 1. The van der Waals surface area contributed by atoms with Crippen molar-refractivity contribution in [2.75, 3.05) is 13.2 Å². The Labute approximate surface area is 152 Å². The average Bonchev–Trinajstić information content (AvgIpc) is 3.27. The molecule has 0 radical (unpaired) electrons. The van der Waals surface area contributed by atoms with E-state index in [9.17, 15) is 9.59 Å². The minimum Gasteiger partial charge on any atom is -0.376 e. The second kappa shape index (κ2) is 8.14. The summed E-state index contributed by atoms with van der Waals surface area (Å²) < 4.78 is 7.07. The van der Waals surface area contributed by atoms with Gasteiger partial charge in [-0.2, -0.15) is 5.10 Å². The zero-order valence-electron chi connectivity index (χ0n) is 15.1. The minimum absolute atomic E-state index is 0.115. The molecule has 1 atom stereocenters. The Kier molecular flexibility index (Phi) is 5.68. The second-order valence-corrected chi connectivity index (χ2v) is 6.52. The third-order valence-corrected chi connectivity index (χ3v) is 4.39. The molecule has 2 heterocycles. The maximum absolute atomic E-state index is 12.3. The molecule has 0 aliphatic carbocycles. The lowest BCUT2D eigenvalue weighted by atomic mass is 10.1. The van der Waals surface area contributed by atoms with E-state index in [2.05, 4.69) is 15.7 Å². The molecule has 1 unspecified atom stereocenters. The first-order chi connectivity index (χ1) is 12.5. The van der Waals surface area contributed by atoms with Crippen molar-refractivity contribution in [3.63, 3.8) is 0 Å². The molecule has 3 rings (SSSR count). The van der Waals surface area contributed by atoms with Gasteiger partial charge in [0.1, 0.15) is 5.69 Å². The second-order valence-electron chi connectivity index (χ2n) is 6.52. The van der Waals surface area contributed by atoms with E-state index >= 15 is 0 Å². The number of aryl methyl sites for hydroxylation is 2. The van der Waals surface area contributed by atoms with Crippen LogP contribution in [0.4, 0.5) is 0 Å². The third kappa shape index (κ3) is 4.49. The standard InChI is InChI=1S/C19H24N4O3/c1-13-9-17(23(2)22-13)19(25)20-11-14-5-3-6-15(10-14)18(24)21-12-16-7-4-8-26-16/h3,5-6,9-10,16H,4,7-8,11-12H2,1-2H3,(H,20,25)(H,21,24). The predicted octanol–water partition coefficient (Wildman–Crippen LogP) is 1.57. The fourth-order valence-corrected chi connectivity index (χ4v) is 3.03. The van der Waals surface area contributed by atoms with E-state index in [1.807, 2.05) is 19.1 Å². The molecule has 2 N–H and O–H groups in total. The fourth-order valence-electron chi connectivity index (χ4n) is 3.03. The number of hydrogen-bond donors (Lipinski definition) is 2. The number of carbonyl (C=O) groups is 2. The van der Waals surface area contributed by atoms with Crippen LogP contribution in [0.3, 0.4) is 0 Å². The topological polar surface area (TPSA) is 85.3 Å². The van der Waals surface area contributed by atoms with E-state index in [-0.39, 0.29) is 17.9 Å². The van der Waals surface area contributed by atoms with E-state index in [4.69, 9.17) is 4.74 Å². The van der Waals surface area contributed by atoms with Crippen LogP contribution in [0.5, 0.6) is 0 Å². The van der Waals surface area contributed by atoms with Crippen molar-refractivity contribution < 1.29 is 14.3 Å². The lowest BCUT2D eigenvalue weighted by molar-refractivity contribution is 0.0857. The first-order valence-electron chi connectivity index (χ1n) is 8.80. The van der Waals surface area contributed by atoms with Crippen LogP contribution in [0, 0.1) is 6.92 Å². The van der Waals surface area contributed by atoms with Crippen molar-refractivity contribution in [1.82, 2.24) is 20.4 Å². The third-order valence-electron chi connectivity index (χ3n) is 4.39. The lowest BCUT2D eigenvalue weighted by Crippen LogP contribution is -2.31. The summed E-state index contributed by atoms with van der Waals surface area (Å²) in [6, 6.07) is 8.99. The Morgan fingerprint density at radius 3 is 2.81 bits per heavy atom. The number of nitrogens with zero attached hydrogens (tertiary/aromatic N) is 2. The number of carbonyl (C=O) groups excluding carboxylic acids is 2. The van der Waals surface area contributed by atoms with Crippen molar-refractivity contribution in [3.05, 3.63) is 52.8 Å². The van der Waals surface area contributed by atoms with E-state index < -0.39 is 0 Å². The highest BCUT2D eigenvalue weighted by Crippen LogP contribution is 2.11. The Morgan fingerprint density at radius 2 is 2.12 bits per heavy atom. The zero-order chi connectivity index (χ0) is 18.5. The van der Waals surface area contributed by atoms with Gasteiger partial charge in [-0.3, -0.25) is 14.3 Å². The van der Waals surface area contributed by atoms with E-state index in [0.29, 0.717) is 24.3 Å². The van der Waals surface area contributed by atoms with Gasteiger partial charge >= 0.3 is 0 Å². The van der Waals surface area contributed by atoms with Gasteiger partial charge in [0.15, 0.2) is 0 Å². The summed E-state index contributed by atoms with van der Waals surface area (Å²) in [5.74, 6) is -0.322. The number of aromatic nitrogens is 2. The summed E-state index contributed by atoms with van der Waals surface area (Å²) >= 11 is 0. The number of nitrogens with one attached hydrogen (secondary N) is 2. The Balaban J connectivity index is 1.55. The summed E-state index contributed by atoms with van der Waals surface area (Å²) in [6.45, 7) is 3.48. The normalized spacial score (nSPS) is 16.5. The SMILES string of the molecule is Cc1cc(C(=O)NCc2cccc(C(=O)NCC3CCCO3)c2)n(C)n1. The fraction of sp³-hybridized carbons (Fsp3) is 0.421. The number of rotatable bonds is 6. The maximum atomic E-state index is 12.3. The Bertz CT molecular complexity index is 794. The molecular formula is C19H24N4O3. The average molecular weight is 356 g/mol. The molecule has 1 aliphatic heterocycles. The largest absolute Gasteiger partial charge is 0.376 e. The molecule has 7 heteroatoms. The molecule has 1 aromatic heterocycles. The van der Waals surface area contributed by atoms with Crippen LogP contribution >= 0.6 is 0 Å². The van der Waals surface area contributed by atoms with Crippen molar-refractivity contribution in [3.8, 4) is 0 Å². The van der Waals surface area contributed by atoms with Crippen LogP contribution < -0.4 is 10.6 Å². The summed E-state index contributed by atoms with van der Waals surface area (Å²) in [6.07, 6.45) is 2.15. The predicted molar refractivity (Wildman–Crippen MR) is 96.9 cm³/mol. The Morgan fingerprint density at radius 1 is 1.27 bits per heavy atom. The summed E-state index contributed by atoms with van der Waals surface area (Å²) in [5, 5.41) is 9.94. The molecule has 0 spiro atoms. The summed E-state index contributed by atoms with van der Waals surface area (Å²) in [7, 11) is 1.74. The number of amides is 2. The summed E-state index contributed by atoms with van der Waals surface area (Å²) in [5.41, 5.74) is 2.74. The lowest BCUT2D eigenvalue weighted by Gasteiger charge is -2.11. The molecule has 0 saturated carbocycles. The molecule has 0 bridgehead atoms. The van der Waals surface area contributed by atoms with E-state index in [1.54, 1.807) is 29.9 Å². The monoisotopic (exact) mass is 356 g/mol. The first-order valence-corrected chi connectivity index (χ1v) is 8.80. The molecule has 2 amide bonds. The molecule has 1 aromatic carbocycles. The quantitative estimate of drug-likeness (QED) is 0.823. The molecular weight excluding hydrogens is 332 g/mol. The van der Waals surface area contributed by atoms with Gasteiger partial charge in [-0.05, 0) is 43.5 Å². The summed E-state index contributed by atoms with van der Waals surface area (Å²) in [4.78, 5) is 24.6. The van der Waals surface area contributed by atoms with Gasteiger partial charge in [0, 0.05) is 32.3 Å². The molecule has 2 aromatic rings. The van der Waals surface area contributed by atoms with Gasteiger partial charge in [-0.25, -0.2) is 0 Å². The highest BCUT2D eigenvalue weighted by atomic mass is 16.5. The first kappa shape index (κ1) is 18.1. The number of benzene rings is 1.